The van der Waals surface area contributed by atoms with E-state index in [1.165, 1.54) is 11.3 Å². The number of aromatic nitrogens is 3. The first-order chi connectivity index (χ1) is 12.9. The van der Waals surface area contributed by atoms with Gasteiger partial charge in [-0.1, -0.05) is 11.8 Å². The van der Waals surface area contributed by atoms with E-state index in [0.29, 0.717) is 5.13 Å². The number of aromatic hydroxyl groups is 1. The molecule has 27 heavy (non-hydrogen) atoms. The van der Waals surface area contributed by atoms with Crippen molar-refractivity contribution in [2.45, 2.75) is 17.3 Å². The zero-order chi connectivity index (χ0) is 19.4. The lowest BCUT2D eigenvalue weighted by molar-refractivity contribution is -0.115. The summed E-state index contributed by atoms with van der Waals surface area (Å²) in [6.07, 6.45) is 0. The van der Waals surface area contributed by atoms with Crippen molar-refractivity contribution in [1.29, 1.82) is 0 Å². The Hall–Kier alpha value is -2.85. The number of amides is 1. The summed E-state index contributed by atoms with van der Waals surface area (Å²) in [5.41, 5.74) is 1.18. The number of rotatable bonds is 6. The number of hydrogen-bond donors (Lipinski definition) is 3. The fourth-order valence-electron chi connectivity index (χ4n) is 2.13. The molecule has 1 unspecified atom stereocenters. The highest BCUT2D eigenvalue weighted by Crippen LogP contribution is 2.27. The first-order valence-electron chi connectivity index (χ1n) is 7.82. The molecule has 2 aromatic heterocycles. The Balaban J connectivity index is 1.65. The van der Waals surface area contributed by atoms with Crippen LogP contribution in [-0.2, 0) is 4.79 Å². The summed E-state index contributed by atoms with van der Waals surface area (Å²) in [6.45, 7) is 1.67. The molecule has 1 atom stereocenters. The van der Waals surface area contributed by atoms with Gasteiger partial charge in [0.2, 0.25) is 11.8 Å². The van der Waals surface area contributed by atoms with Crippen molar-refractivity contribution in [3.63, 3.8) is 0 Å². The fourth-order valence-corrected chi connectivity index (χ4v) is 3.66. The van der Waals surface area contributed by atoms with Gasteiger partial charge in [-0.2, -0.15) is 4.98 Å². The van der Waals surface area contributed by atoms with Gasteiger partial charge in [-0.15, -0.1) is 11.3 Å². The predicted octanol–water partition coefficient (Wildman–Crippen LogP) is 2.73. The highest BCUT2D eigenvalue weighted by Gasteiger charge is 2.18. The smallest absolute Gasteiger partial charge is 0.255 e. The van der Waals surface area contributed by atoms with Crippen LogP contribution in [-0.4, -0.2) is 38.3 Å². The molecule has 140 valence electrons. The molecule has 0 fully saturated rings. The SMILES string of the molecule is COc1ccc(-c2csc(NC(=O)C(C)Sc3nc(O)cc(=O)[nH]3)n2)cc1. The van der Waals surface area contributed by atoms with E-state index in [2.05, 4.69) is 20.3 Å². The lowest BCUT2D eigenvalue weighted by Gasteiger charge is -2.09. The van der Waals surface area contributed by atoms with E-state index >= 15 is 0 Å². The van der Waals surface area contributed by atoms with Gasteiger partial charge in [0.1, 0.15) is 5.75 Å². The van der Waals surface area contributed by atoms with Gasteiger partial charge < -0.3 is 20.1 Å². The number of thiazole rings is 1. The summed E-state index contributed by atoms with van der Waals surface area (Å²) in [6, 6.07) is 8.43. The molecule has 0 aliphatic carbocycles. The molecule has 8 nitrogen and oxygen atoms in total. The minimum Gasteiger partial charge on any atom is -0.497 e. The summed E-state index contributed by atoms with van der Waals surface area (Å²) in [4.78, 5) is 34.4. The maximum absolute atomic E-state index is 12.4. The van der Waals surface area contributed by atoms with Crippen molar-refractivity contribution in [2.75, 3.05) is 12.4 Å². The zero-order valence-corrected chi connectivity index (χ0v) is 16.1. The molecule has 0 aliphatic rings. The average molecular weight is 404 g/mol. The number of aromatic amines is 1. The normalized spacial score (nSPS) is 11.8. The molecule has 3 rings (SSSR count). The average Bonchev–Trinajstić information content (AvgIpc) is 3.09. The summed E-state index contributed by atoms with van der Waals surface area (Å²) in [5.74, 6) is 0.0755. The molecule has 1 aromatic carbocycles. The zero-order valence-electron chi connectivity index (χ0n) is 14.4. The number of methoxy groups -OCH3 is 1. The first-order valence-corrected chi connectivity index (χ1v) is 9.58. The number of carbonyl (C=O) groups excluding carboxylic acids is 1. The van der Waals surface area contributed by atoms with Crippen LogP contribution in [0.1, 0.15) is 6.92 Å². The molecular weight excluding hydrogens is 388 g/mol. The van der Waals surface area contributed by atoms with E-state index in [1.54, 1.807) is 14.0 Å². The van der Waals surface area contributed by atoms with Gasteiger partial charge >= 0.3 is 0 Å². The molecule has 0 radical (unpaired) electrons. The lowest BCUT2D eigenvalue weighted by Crippen LogP contribution is -2.23. The van der Waals surface area contributed by atoms with Gasteiger partial charge in [-0.05, 0) is 31.2 Å². The van der Waals surface area contributed by atoms with Gasteiger partial charge in [-0.3, -0.25) is 9.59 Å². The van der Waals surface area contributed by atoms with E-state index in [4.69, 9.17) is 4.74 Å². The second-order valence-electron chi connectivity index (χ2n) is 5.42. The summed E-state index contributed by atoms with van der Waals surface area (Å²) < 4.78 is 5.13. The van der Waals surface area contributed by atoms with Crippen LogP contribution >= 0.6 is 23.1 Å². The lowest BCUT2D eigenvalue weighted by atomic mass is 10.2. The van der Waals surface area contributed by atoms with Crippen LogP contribution in [0.3, 0.4) is 0 Å². The van der Waals surface area contributed by atoms with Crippen molar-refractivity contribution in [3.05, 3.63) is 46.1 Å². The van der Waals surface area contributed by atoms with Gasteiger partial charge in [-0.25, -0.2) is 4.98 Å². The minimum absolute atomic E-state index is 0.167. The summed E-state index contributed by atoms with van der Waals surface area (Å²) in [7, 11) is 1.60. The number of ether oxygens (including phenoxy) is 1. The molecule has 3 N–H and O–H groups in total. The molecule has 3 aromatic rings. The molecule has 10 heteroatoms. The largest absolute Gasteiger partial charge is 0.497 e. The monoisotopic (exact) mass is 404 g/mol. The number of nitrogens with one attached hydrogen (secondary N) is 2. The number of anilines is 1. The van der Waals surface area contributed by atoms with Crippen molar-refractivity contribution in [3.8, 4) is 22.9 Å². The van der Waals surface area contributed by atoms with Gasteiger partial charge in [0, 0.05) is 10.9 Å². The molecule has 0 aliphatic heterocycles. The maximum Gasteiger partial charge on any atom is 0.255 e. The van der Waals surface area contributed by atoms with Crippen molar-refractivity contribution in [2.24, 2.45) is 0 Å². The number of benzene rings is 1. The Bertz CT molecular complexity index is 1000. The molecule has 0 bridgehead atoms. The molecule has 2 heterocycles. The third-order valence-electron chi connectivity index (χ3n) is 3.48. The Morgan fingerprint density at radius 1 is 1.33 bits per heavy atom. The second-order valence-corrected chi connectivity index (χ2v) is 7.61. The maximum atomic E-state index is 12.4. The fraction of sp³-hybridized carbons (Fsp3) is 0.176. The number of nitrogens with zero attached hydrogens (tertiary/aromatic N) is 2. The predicted molar refractivity (Wildman–Crippen MR) is 105 cm³/mol. The Labute approximate surface area is 162 Å². The van der Waals surface area contributed by atoms with E-state index in [1.807, 2.05) is 29.6 Å². The quantitative estimate of drug-likeness (QED) is 0.427. The van der Waals surface area contributed by atoms with Crippen LogP contribution in [0.4, 0.5) is 5.13 Å². The highest BCUT2D eigenvalue weighted by molar-refractivity contribution is 8.00. The van der Waals surface area contributed by atoms with Crippen LogP contribution in [0, 0.1) is 0 Å². The van der Waals surface area contributed by atoms with E-state index in [-0.39, 0.29) is 11.1 Å². The van der Waals surface area contributed by atoms with E-state index in [0.717, 1.165) is 34.8 Å². The second kappa shape index (κ2) is 8.23. The van der Waals surface area contributed by atoms with Crippen LogP contribution in [0.5, 0.6) is 11.6 Å². The molecule has 0 saturated carbocycles. The third-order valence-corrected chi connectivity index (χ3v) is 5.23. The number of thioether (sulfide) groups is 1. The van der Waals surface area contributed by atoms with Gasteiger partial charge in [0.15, 0.2) is 10.3 Å². The summed E-state index contributed by atoms with van der Waals surface area (Å²) in [5, 5.41) is 14.0. The topological polar surface area (TPSA) is 117 Å². The van der Waals surface area contributed by atoms with Crippen LogP contribution in [0.15, 0.2) is 45.7 Å². The van der Waals surface area contributed by atoms with Crippen LogP contribution in [0.25, 0.3) is 11.3 Å². The third kappa shape index (κ3) is 4.86. The Kier molecular flexibility index (Phi) is 5.77. The van der Waals surface area contributed by atoms with Crippen LogP contribution in [0.2, 0.25) is 0 Å². The minimum atomic E-state index is -0.553. The van der Waals surface area contributed by atoms with E-state index < -0.39 is 16.7 Å². The molecular formula is C17H16N4O4S2. The summed E-state index contributed by atoms with van der Waals surface area (Å²) >= 11 is 2.35. The number of hydrogen-bond acceptors (Lipinski definition) is 8. The first kappa shape index (κ1) is 18.9. The van der Waals surface area contributed by atoms with Crippen molar-refractivity contribution in [1.82, 2.24) is 15.0 Å². The van der Waals surface area contributed by atoms with Gasteiger partial charge in [0.25, 0.3) is 5.56 Å². The van der Waals surface area contributed by atoms with Crippen LogP contribution < -0.4 is 15.6 Å². The molecule has 0 saturated heterocycles. The number of H-pyrrole nitrogens is 1. The molecule has 1 amide bonds. The standard InChI is InChI=1S/C17H16N4O4S2/c1-9(27-17-19-13(22)7-14(23)20-17)15(24)21-16-18-12(8-26-16)10-3-5-11(25-2)6-4-10/h3-9H,1-2H3,(H,18,21,24)(H2,19,20,22,23). The molecule has 0 spiro atoms. The Morgan fingerprint density at radius 2 is 2.07 bits per heavy atom. The van der Waals surface area contributed by atoms with Gasteiger partial charge in [0.05, 0.1) is 24.1 Å². The Morgan fingerprint density at radius 3 is 2.74 bits per heavy atom. The van der Waals surface area contributed by atoms with Crippen molar-refractivity contribution < 1.29 is 14.6 Å². The van der Waals surface area contributed by atoms with Crippen molar-refractivity contribution >= 4 is 34.1 Å². The highest BCUT2D eigenvalue weighted by atomic mass is 32.2. The van der Waals surface area contributed by atoms with E-state index in [9.17, 15) is 14.7 Å². The number of carbonyl (C=O) groups is 1.